The van der Waals surface area contributed by atoms with Crippen molar-refractivity contribution in [3.8, 4) is 11.3 Å². The van der Waals surface area contributed by atoms with Gasteiger partial charge in [0.2, 0.25) is 11.0 Å². The van der Waals surface area contributed by atoms with Gasteiger partial charge < -0.3 is 5.11 Å². The molecule has 0 aliphatic heterocycles. The fourth-order valence-electron chi connectivity index (χ4n) is 2.98. The SMILES string of the molecule is CN(C(=O)[C@@H](CC(=O)O)Cc1ccccc1)c1nc(-c2ccccc2Cl)c(F)s1. The quantitative estimate of drug-likeness (QED) is 0.576. The van der Waals surface area contributed by atoms with E-state index in [1.807, 2.05) is 30.3 Å². The molecule has 1 aromatic heterocycles. The lowest BCUT2D eigenvalue weighted by molar-refractivity contribution is -0.140. The maximum absolute atomic E-state index is 14.5. The fourth-order valence-corrected chi connectivity index (χ4v) is 3.98. The molecule has 150 valence electrons. The standard InChI is InChI=1S/C21H18ClFN2O3S/c1-25(20(28)14(12-17(26)27)11-13-7-3-2-4-8-13)21-24-18(19(23)29-21)15-9-5-6-10-16(15)22/h2-10,14H,11-12H2,1H3,(H,26,27)/t14-/m1/s1. The molecule has 29 heavy (non-hydrogen) atoms. The second-order valence-electron chi connectivity index (χ2n) is 6.48. The number of rotatable bonds is 7. The van der Waals surface area contributed by atoms with E-state index in [-0.39, 0.29) is 23.7 Å². The summed E-state index contributed by atoms with van der Waals surface area (Å²) < 4.78 is 14.5. The van der Waals surface area contributed by atoms with Crippen molar-refractivity contribution in [2.45, 2.75) is 12.8 Å². The van der Waals surface area contributed by atoms with Gasteiger partial charge in [0.05, 0.1) is 17.4 Å². The average molecular weight is 433 g/mol. The van der Waals surface area contributed by atoms with Crippen LogP contribution in [0.25, 0.3) is 11.3 Å². The number of thiazole rings is 1. The molecule has 0 saturated carbocycles. The molecule has 0 unspecified atom stereocenters. The van der Waals surface area contributed by atoms with Crippen molar-refractivity contribution >= 4 is 39.9 Å². The number of anilines is 1. The summed E-state index contributed by atoms with van der Waals surface area (Å²) in [5.41, 5.74) is 1.34. The molecule has 1 amide bonds. The van der Waals surface area contributed by atoms with Gasteiger partial charge in [0, 0.05) is 12.6 Å². The van der Waals surface area contributed by atoms with Gasteiger partial charge in [-0.3, -0.25) is 14.5 Å². The number of benzene rings is 2. The molecule has 1 N–H and O–H groups in total. The zero-order valence-electron chi connectivity index (χ0n) is 15.5. The topological polar surface area (TPSA) is 70.5 Å². The predicted molar refractivity (Wildman–Crippen MR) is 112 cm³/mol. The van der Waals surface area contributed by atoms with Gasteiger partial charge in [-0.25, -0.2) is 4.98 Å². The Bertz CT molecular complexity index is 1030. The normalized spacial score (nSPS) is 11.8. The Morgan fingerprint density at radius 3 is 2.48 bits per heavy atom. The number of carboxylic acid groups (broad SMARTS) is 1. The fraction of sp³-hybridized carbons (Fsp3) is 0.190. The van der Waals surface area contributed by atoms with E-state index < -0.39 is 22.9 Å². The molecule has 0 saturated heterocycles. The van der Waals surface area contributed by atoms with Crippen LogP contribution in [0.15, 0.2) is 54.6 Å². The molecular formula is C21H18ClFN2O3S. The van der Waals surface area contributed by atoms with Gasteiger partial charge in [-0.15, -0.1) is 0 Å². The van der Waals surface area contributed by atoms with Gasteiger partial charge in [0.25, 0.3) is 0 Å². The first-order valence-corrected chi connectivity index (χ1v) is 10.0. The van der Waals surface area contributed by atoms with Crippen LogP contribution in [0.4, 0.5) is 9.52 Å². The van der Waals surface area contributed by atoms with E-state index in [1.165, 1.54) is 11.9 Å². The summed E-state index contributed by atoms with van der Waals surface area (Å²) in [6, 6.07) is 15.9. The number of carbonyl (C=O) groups excluding carboxylic acids is 1. The number of nitrogens with zero attached hydrogens (tertiary/aromatic N) is 2. The molecule has 0 bridgehead atoms. The highest BCUT2D eigenvalue weighted by Crippen LogP contribution is 2.35. The first-order chi connectivity index (χ1) is 13.9. The third kappa shape index (κ3) is 4.99. The highest BCUT2D eigenvalue weighted by atomic mass is 35.5. The maximum atomic E-state index is 14.5. The highest BCUT2D eigenvalue weighted by molar-refractivity contribution is 7.14. The van der Waals surface area contributed by atoms with Crippen molar-refractivity contribution in [2.24, 2.45) is 5.92 Å². The Morgan fingerprint density at radius 2 is 1.83 bits per heavy atom. The monoisotopic (exact) mass is 432 g/mol. The van der Waals surface area contributed by atoms with Gasteiger partial charge in [-0.1, -0.05) is 71.5 Å². The zero-order chi connectivity index (χ0) is 21.0. The van der Waals surface area contributed by atoms with E-state index in [2.05, 4.69) is 4.98 Å². The van der Waals surface area contributed by atoms with E-state index in [0.717, 1.165) is 16.9 Å². The molecule has 8 heteroatoms. The van der Waals surface area contributed by atoms with Crippen LogP contribution in [0, 0.1) is 11.0 Å². The summed E-state index contributed by atoms with van der Waals surface area (Å²) in [6.45, 7) is 0. The summed E-state index contributed by atoms with van der Waals surface area (Å²) >= 11 is 6.85. The van der Waals surface area contributed by atoms with Crippen molar-refractivity contribution in [2.75, 3.05) is 11.9 Å². The highest BCUT2D eigenvalue weighted by Gasteiger charge is 2.28. The lowest BCUT2D eigenvalue weighted by atomic mass is 9.95. The number of aliphatic carboxylic acids is 1. The number of carboxylic acids is 1. The number of hydrogen-bond acceptors (Lipinski definition) is 4. The maximum Gasteiger partial charge on any atom is 0.304 e. The molecular weight excluding hydrogens is 415 g/mol. The average Bonchev–Trinajstić information content (AvgIpc) is 3.08. The second kappa shape index (κ2) is 9.15. The predicted octanol–water partition coefficient (Wildman–Crippen LogP) is 4.90. The minimum absolute atomic E-state index is 0.0630. The van der Waals surface area contributed by atoms with Crippen molar-refractivity contribution in [1.82, 2.24) is 4.98 Å². The van der Waals surface area contributed by atoms with Crippen molar-refractivity contribution < 1.29 is 19.1 Å². The number of aromatic nitrogens is 1. The summed E-state index contributed by atoms with van der Waals surface area (Å²) in [7, 11) is 1.47. The third-order valence-corrected chi connectivity index (χ3v) is 5.67. The molecule has 0 aliphatic carbocycles. The summed E-state index contributed by atoms with van der Waals surface area (Å²) in [5.74, 6) is -2.30. The molecule has 2 aromatic carbocycles. The molecule has 1 heterocycles. The van der Waals surface area contributed by atoms with Gasteiger partial charge in [-0.2, -0.15) is 4.39 Å². The van der Waals surface area contributed by atoms with Gasteiger partial charge >= 0.3 is 5.97 Å². The van der Waals surface area contributed by atoms with Crippen LogP contribution in [-0.4, -0.2) is 29.0 Å². The number of amides is 1. The van der Waals surface area contributed by atoms with E-state index in [0.29, 0.717) is 10.6 Å². The lowest BCUT2D eigenvalue weighted by Gasteiger charge is -2.21. The van der Waals surface area contributed by atoms with Crippen LogP contribution in [0.5, 0.6) is 0 Å². The van der Waals surface area contributed by atoms with Crippen LogP contribution >= 0.6 is 22.9 Å². The zero-order valence-corrected chi connectivity index (χ0v) is 17.1. The molecule has 3 aromatic rings. The largest absolute Gasteiger partial charge is 0.481 e. The molecule has 3 rings (SSSR count). The van der Waals surface area contributed by atoms with E-state index in [9.17, 15) is 19.1 Å². The van der Waals surface area contributed by atoms with E-state index >= 15 is 0 Å². The Balaban J connectivity index is 1.86. The summed E-state index contributed by atoms with van der Waals surface area (Å²) in [4.78, 5) is 29.7. The number of hydrogen-bond donors (Lipinski definition) is 1. The molecule has 0 aliphatic rings. The lowest BCUT2D eigenvalue weighted by Crippen LogP contribution is -2.35. The molecule has 0 fully saturated rings. The molecule has 5 nitrogen and oxygen atoms in total. The van der Waals surface area contributed by atoms with Crippen LogP contribution in [-0.2, 0) is 16.0 Å². The first kappa shape index (κ1) is 21.0. The minimum Gasteiger partial charge on any atom is -0.481 e. The smallest absolute Gasteiger partial charge is 0.304 e. The van der Waals surface area contributed by atoms with Crippen LogP contribution in [0.1, 0.15) is 12.0 Å². The van der Waals surface area contributed by atoms with E-state index in [1.54, 1.807) is 24.3 Å². The Kier molecular flexibility index (Phi) is 6.61. The number of halogens is 2. The first-order valence-electron chi connectivity index (χ1n) is 8.81. The Labute approximate surface area is 176 Å². The van der Waals surface area contributed by atoms with Crippen molar-refractivity contribution in [1.29, 1.82) is 0 Å². The number of carbonyl (C=O) groups is 2. The Morgan fingerprint density at radius 1 is 1.17 bits per heavy atom. The van der Waals surface area contributed by atoms with Gasteiger partial charge in [-0.05, 0) is 18.1 Å². The Hall–Kier alpha value is -2.77. The third-order valence-electron chi connectivity index (χ3n) is 4.42. The minimum atomic E-state index is -1.07. The van der Waals surface area contributed by atoms with Gasteiger partial charge in [0.15, 0.2) is 5.13 Å². The summed E-state index contributed by atoms with van der Waals surface area (Å²) in [5, 5.41) is 9.16. The van der Waals surface area contributed by atoms with Gasteiger partial charge in [0.1, 0.15) is 5.69 Å². The molecule has 0 spiro atoms. The van der Waals surface area contributed by atoms with Crippen LogP contribution in [0.3, 0.4) is 0 Å². The van der Waals surface area contributed by atoms with Crippen molar-refractivity contribution in [3.05, 3.63) is 70.3 Å². The molecule has 1 atom stereocenters. The summed E-state index contributed by atoms with van der Waals surface area (Å²) in [6.07, 6.45) is -0.0646. The van der Waals surface area contributed by atoms with Crippen LogP contribution in [0.2, 0.25) is 5.02 Å². The van der Waals surface area contributed by atoms with Crippen LogP contribution < -0.4 is 4.90 Å². The van der Waals surface area contributed by atoms with E-state index in [4.69, 9.17) is 11.6 Å². The second-order valence-corrected chi connectivity index (χ2v) is 7.82. The van der Waals surface area contributed by atoms with Crippen molar-refractivity contribution in [3.63, 3.8) is 0 Å². The molecule has 0 radical (unpaired) electrons.